The van der Waals surface area contributed by atoms with Gasteiger partial charge in [0.1, 0.15) is 12.2 Å². The Kier molecular flexibility index (Phi) is 5.40. The van der Waals surface area contributed by atoms with Gasteiger partial charge in [0.2, 0.25) is 0 Å². The van der Waals surface area contributed by atoms with Gasteiger partial charge in [0.15, 0.2) is 0 Å². The van der Waals surface area contributed by atoms with Crippen molar-refractivity contribution >= 4 is 23.9 Å². The third-order valence-corrected chi connectivity index (χ3v) is 9.58. The average molecular weight is 491 g/mol. The molecule has 4 aliphatic carbocycles. The monoisotopic (exact) mass is 490 g/mol. The fourth-order valence-electron chi connectivity index (χ4n) is 8.84. The Balaban J connectivity index is 1.52. The maximum absolute atomic E-state index is 12.3. The largest absolute Gasteiger partial charge is 0.462 e. The number of aliphatic hydroxyl groups excluding tert-OH is 1. The summed E-state index contributed by atoms with van der Waals surface area (Å²) >= 11 is 0. The fraction of sp³-hybridized carbons (Fsp3) is 0.769. The van der Waals surface area contributed by atoms with Crippen molar-refractivity contribution in [3.63, 3.8) is 0 Å². The van der Waals surface area contributed by atoms with Crippen molar-refractivity contribution in [2.75, 3.05) is 6.61 Å². The molecule has 0 aromatic rings. The molecule has 5 aliphatic rings. The van der Waals surface area contributed by atoms with Crippen molar-refractivity contribution in [1.82, 2.24) is 0 Å². The third kappa shape index (κ3) is 3.52. The van der Waals surface area contributed by atoms with E-state index in [9.17, 15) is 24.3 Å². The van der Waals surface area contributed by atoms with Crippen LogP contribution in [0, 0.1) is 28.6 Å². The minimum Gasteiger partial charge on any atom is -0.462 e. The van der Waals surface area contributed by atoms with Crippen molar-refractivity contribution in [3.8, 4) is 0 Å². The van der Waals surface area contributed by atoms with Crippen LogP contribution in [-0.2, 0) is 38.1 Å². The standard InChI is InChI=1S/C26H34O9/c1-14(27)32-13-25(33-15(2)28)12-24-10-17(25)5-6-20(24)23(4)7-8-26(34-16(3)29)18(9-21(31)35-26)22(23)19(30)11-24/h9,17,19-20,22,30H,5-8,10-13H2,1-4H3/t17-,19-,20+,22+,23+,24-,25+,26-/m1/s1. The van der Waals surface area contributed by atoms with Crippen molar-refractivity contribution in [2.45, 2.75) is 90.1 Å². The second-order valence-corrected chi connectivity index (χ2v) is 11.6. The normalized spacial score (nSPS) is 45.3. The molecule has 4 fully saturated rings. The Hall–Kier alpha value is -2.42. The lowest BCUT2D eigenvalue weighted by molar-refractivity contribution is -0.236. The number of fused-ring (bicyclic) bond motifs is 5. The maximum Gasteiger partial charge on any atom is 0.334 e. The Morgan fingerprint density at radius 1 is 1.06 bits per heavy atom. The number of esters is 4. The zero-order valence-corrected chi connectivity index (χ0v) is 20.8. The van der Waals surface area contributed by atoms with Gasteiger partial charge in [0.05, 0.1) is 6.10 Å². The highest BCUT2D eigenvalue weighted by atomic mass is 16.7. The highest BCUT2D eigenvalue weighted by Gasteiger charge is 2.72. The molecule has 5 rings (SSSR count). The van der Waals surface area contributed by atoms with Crippen molar-refractivity contribution in [1.29, 1.82) is 0 Å². The molecule has 1 N–H and O–H groups in total. The van der Waals surface area contributed by atoms with Gasteiger partial charge in [-0.3, -0.25) is 14.4 Å². The highest BCUT2D eigenvalue weighted by Crippen LogP contribution is 2.73. The quantitative estimate of drug-likeness (QED) is 0.467. The summed E-state index contributed by atoms with van der Waals surface area (Å²) in [6.07, 6.45) is 4.97. The molecule has 0 radical (unpaired) electrons. The second-order valence-electron chi connectivity index (χ2n) is 11.6. The summed E-state index contributed by atoms with van der Waals surface area (Å²) in [5.41, 5.74) is -1.02. The first kappa shape index (κ1) is 24.3. The van der Waals surface area contributed by atoms with Gasteiger partial charge < -0.3 is 24.1 Å². The summed E-state index contributed by atoms with van der Waals surface area (Å²) in [7, 11) is 0. The molecular weight excluding hydrogens is 456 g/mol. The van der Waals surface area contributed by atoms with E-state index < -0.39 is 47.3 Å². The van der Waals surface area contributed by atoms with Crippen LogP contribution in [-0.4, -0.2) is 53.1 Å². The van der Waals surface area contributed by atoms with Gasteiger partial charge in [-0.2, -0.15) is 0 Å². The SMILES string of the molecule is CC(=O)OC[C@@]1(OC(C)=O)C[C@]23C[C@H]1CC[C@H]2[C@]1(C)CC[C@@]2(OC(C)=O)OC(=O)C=C2[C@H]1[C@H](O)C3. The van der Waals surface area contributed by atoms with E-state index in [0.29, 0.717) is 31.3 Å². The van der Waals surface area contributed by atoms with Crippen molar-refractivity contribution < 1.29 is 43.2 Å². The topological polar surface area (TPSA) is 125 Å². The predicted molar refractivity (Wildman–Crippen MR) is 119 cm³/mol. The molecule has 192 valence electrons. The molecule has 9 heteroatoms. The first-order chi connectivity index (χ1) is 16.3. The summed E-state index contributed by atoms with van der Waals surface area (Å²) in [5.74, 6) is -3.55. The van der Waals surface area contributed by atoms with E-state index in [0.717, 1.165) is 19.3 Å². The van der Waals surface area contributed by atoms with Crippen LogP contribution in [0.3, 0.4) is 0 Å². The van der Waals surface area contributed by atoms with Gasteiger partial charge in [-0.25, -0.2) is 4.79 Å². The summed E-state index contributed by atoms with van der Waals surface area (Å²) in [6.45, 7) is 6.18. The summed E-state index contributed by atoms with van der Waals surface area (Å²) < 4.78 is 22.4. The molecule has 0 amide bonds. The number of ether oxygens (including phenoxy) is 4. The maximum atomic E-state index is 12.3. The number of carbonyl (C=O) groups excluding carboxylic acids is 4. The highest BCUT2D eigenvalue weighted by molar-refractivity contribution is 5.87. The Labute approximate surface area is 204 Å². The first-order valence-corrected chi connectivity index (χ1v) is 12.5. The summed E-state index contributed by atoms with van der Waals surface area (Å²) in [6, 6.07) is 0. The molecular formula is C26H34O9. The van der Waals surface area contributed by atoms with Gasteiger partial charge in [-0.1, -0.05) is 6.92 Å². The number of hydrogen-bond acceptors (Lipinski definition) is 9. The Bertz CT molecular complexity index is 1020. The van der Waals surface area contributed by atoms with Crippen LogP contribution < -0.4 is 0 Å². The molecule has 0 saturated heterocycles. The zero-order chi connectivity index (χ0) is 25.4. The zero-order valence-electron chi connectivity index (χ0n) is 20.8. The molecule has 1 heterocycles. The van der Waals surface area contributed by atoms with Gasteiger partial charge in [-0.15, -0.1) is 0 Å². The van der Waals surface area contributed by atoms with Gasteiger partial charge in [0, 0.05) is 50.7 Å². The number of rotatable bonds is 4. The second kappa shape index (κ2) is 7.79. The predicted octanol–water partition coefficient (Wildman–Crippen LogP) is 2.58. The van der Waals surface area contributed by atoms with E-state index in [4.69, 9.17) is 18.9 Å². The molecule has 8 atom stereocenters. The average Bonchev–Trinajstić information content (AvgIpc) is 3.15. The van der Waals surface area contributed by atoms with E-state index in [1.54, 1.807) is 0 Å². The molecule has 35 heavy (non-hydrogen) atoms. The van der Waals surface area contributed by atoms with Crippen LogP contribution in [0.25, 0.3) is 0 Å². The smallest absolute Gasteiger partial charge is 0.334 e. The molecule has 4 saturated carbocycles. The van der Waals surface area contributed by atoms with E-state index >= 15 is 0 Å². The lowest BCUT2D eigenvalue weighted by Gasteiger charge is -2.63. The molecule has 2 bridgehead atoms. The Morgan fingerprint density at radius 3 is 2.43 bits per heavy atom. The van der Waals surface area contributed by atoms with Crippen molar-refractivity contribution in [3.05, 3.63) is 11.6 Å². The molecule has 9 nitrogen and oxygen atoms in total. The van der Waals surface area contributed by atoms with E-state index in [2.05, 4.69) is 6.92 Å². The third-order valence-electron chi connectivity index (χ3n) is 9.58. The fourth-order valence-corrected chi connectivity index (χ4v) is 8.84. The first-order valence-electron chi connectivity index (χ1n) is 12.5. The van der Waals surface area contributed by atoms with E-state index in [1.807, 2.05) is 0 Å². The minimum atomic E-state index is -1.44. The van der Waals surface area contributed by atoms with Crippen LogP contribution in [0.2, 0.25) is 0 Å². The lowest BCUT2D eigenvalue weighted by atomic mass is 9.43. The van der Waals surface area contributed by atoms with Crippen LogP contribution in [0.1, 0.15) is 72.6 Å². The van der Waals surface area contributed by atoms with E-state index in [1.165, 1.54) is 26.8 Å². The summed E-state index contributed by atoms with van der Waals surface area (Å²) in [4.78, 5) is 48.0. The Morgan fingerprint density at radius 2 is 1.77 bits per heavy atom. The number of aliphatic hydroxyl groups is 1. The number of carbonyl (C=O) groups is 4. The van der Waals surface area contributed by atoms with Crippen molar-refractivity contribution in [2.24, 2.45) is 28.6 Å². The van der Waals surface area contributed by atoms with Crippen LogP contribution in [0.5, 0.6) is 0 Å². The lowest BCUT2D eigenvalue weighted by Crippen LogP contribution is -2.61. The molecule has 0 unspecified atom stereocenters. The van der Waals surface area contributed by atoms with Gasteiger partial charge >= 0.3 is 23.9 Å². The molecule has 0 aromatic carbocycles. The van der Waals surface area contributed by atoms with Crippen LogP contribution in [0.15, 0.2) is 11.6 Å². The van der Waals surface area contributed by atoms with Gasteiger partial charge in [0.25, 0.3) is 5.79 Å². The van der Waals surface area contributed by atoms with Crippen LogP contribution >= 0.6 is 0 Å². The molecule has 1 spiro atoms. The molecule has 1 aliphatic heterocycles. The van der Waals surface area contributed by atoms with Crippen LogP contribution in [0.4, 0.5) is 0 Å². The number of hydrogen-bond donors (Lipinski definition) is 1. The molecule has 0 aromatic heterocycles. The summed E-state index contributed by atoms with van der Waals surface area (Å²) in [5, 5.41) is 11.6. The minimum absolute atomic E-state index is 0.0142. The van der Waals surface area contributed by atoms with Gasteiger partial charge in [-0.05, 0) is 55.3 Å². The van der Waals surface area contributed by atoms with E-state index in [-0.39, 0.29) is 29.3 Å².